The first-order valence-electron chi connectivity index (χ1n) is 6.13. The van der Waals surface area contributed by atoms with Gasteiger partial charge in [-0.25, -0.2) is 0 Å². The van der Waals surface area contributed by atoms with Gasteiger partial charge in [0.2, 0.25) is 0 Å². The predicted octanol–water partition coefficient (Wildman–Crippen LogP) is 1.33. The van der Waals surface area contributed by atoms with Crippen molar-refractivity contribution in [3.05, 3.63) is 0 Å². The molecule has 98 valence electrons. The fourth-order valence-electron chi connectivity index (χ4n) is 2.37. The maximum absolute atomic E-state index is 11.1. The van der Waals surface area contributed by atoms with E-state index in [2.05, 4.69) is 5.32 Å². The van der Waals surface area contributed by atoms with Gasteiger partial charge in [0.1, 0.15) is 6.04 Å². The second kappa shape index (κ2) is 6.00. The minimum absolute atomic E-state index is 0.00213. The normalized spacial score (nSPS) is 26.8. The van der Waals surface area contributed by atoms with Gasteiger partial charge < -0.3 is 15.5 Å². The molecule has 5 heteroatoms. The second-order valence-electron chi connectivity index (χ2n) is 5.13. The largest absolute Gasteiger partial charge is 0.481 e. The van der Waals surface area contributed by atoms with Gasteiger partial charge in [-0.2, -0.15) is 0 Å². The van der Waals surface area contributed by atoms with E-state index in [1.165, 1.54) is 0 Å². The van der Waals surface area contributed by atoms with E-state index in [4.69, 9.17) is 10.2 Å². The molecule has 1 fully saturated rings. The Bertz CT molecular complexity index is 290. The van der Waals surface area contributed by atoms with Gasteiger partial charge in [-0.05, 0) is 25.2 Å². The lowest BCUT2D eigenvalue weighted by Crippen LogP contribution is -2.48. The monoisotopic (exact) mass is 243 g/mol. The number of hydrogen-bond acceptors (Lipinski definition) is 3. The molecule has 1 saturated carbocycles. The Morgan fingerprint density at radius 3 is 2.35 bits per heavy atom. The highest BCUT2D eigenvalue weighted by atomic mass is 16.4. The number of carbonyl (C=O) groups is 2. The third-order valence-corrected chi connectivity index (χ3v) is 3.37. The molecule has 0 heterocycles. The number of hydrogen-bond donors (Lipinski definition) is 3. The highest BCUT2D eigenvalue weighted by molar-refractivity contribution is 5.74. The molecule has 0 saturated heterocycles. The molecule has 0 aromatic carbocycles. The standard InChI is InChI=1S/C12H21NO4/c1-7(2)10(12(16)17)13-9-5-3-4-8(6-9)11(14)15/h7-10,13H,3-6H2,1-2H3,(H,14,15)(H,16,17). The van der Waals surface area contributed by atoms with E-state index >= 15 is 0 Å². The van der Waals surface area contributed by atoms with Gasteiger partial charge in [-0.15, -0.1) is 0 Å². The third-order valence-electron chi connectivity index (χ3n) is 3.37. The fourth-order valence-corrected chi connectivity index (χ4v) is 2.37. The maximum atomic E-state index is 11.1. The molecule has 0 radical (unpaired) electrons. The minimum atomic E-state index is -0.863. The Kier molecular flexibility index (Phi) is 4.93. The molecule has 0 aromatic heterocycles. The van der Waals surface area contributed by atoms with Crippen molar-refractivity contribution in [2.24, 2.45) is 11.8 Å². The van der Waals surface area contributed by atoms with Crippen LogP contribution in [0.25, 0.3) is 0 Å². The Morgan fingerprint density at radius 2 is 1.88 bits per heavy atom. The van der Waals surface area contributed by atoms with Crippen molar-refractivity contribution in [1.82, 2.24) is 5.32 Å². The molecule has 1 rings (SSSR count). The van der Waals surface area contributed by atoms with Gasteiger partial charge in [0.05, 0.1) is 5.92 Å². The first-order chi connectivity index (χ1) is 7.91. The van der Waals surface area contributed by atoms with Crippen LogP contribution < -0.4 is 5.32 Å². The molecule has 0 bridgehead atoms. The van der Waals surface area contributed by atoms with Crippen LogP contribution in [0.2, 0.25) is 0 Å². The topological polar surface area (TPSA) is 86.6 Å². The van der Waals surface area contributed by atoms with Crippen LogP contribution in [0.3, 0.4) is 0 Å². The Hall–Kier alpha value is -1.10. The lowest BCUT2D eigenvalue weighted by atomic mass is 9.85. The first kappa shape index (κ1) is 14.0. The molecule has 1 aliphatic rings. The second-order valence-corrected chi connectivity index (χ2v) is 5.13. The summed E-state index contributed by atoms with van der Waals surface area (Å²) >= 11 is 0. The Balaban J connectivity index is 2.55. The molecule has 1 aliphatic carbocycles. The van der Waals surface area contributed by atoms with Crippen LogP contribution in [-0.4, -0.2) is 34.2 Å². The van der Waals surface area contributed by atoms with Gasteiger partial charge in [-0.1, -0.05) is 20.3 Å². The summed E-state index contributed by atoms with van der Waals surface area (Å²) in [5.41, 5.74) is 0. The van der Waals surface area contributed by atoms with Crippen molar-refractivity contribution < 1.29 is 19.8 Å². The molecule has 0 aliphatic heterocycles. The van der Waals surface area contributed by atoms with Crippen LogP contribution in [0.5, 0.6) is 0 Å². The Labute approximate surface area is 101 Å². The zero-order chi connectivity index (χ0) is 13.0. The summed E-state index contributed by atoms with van der Waals surface area (Å²) < 4.78 is 0. The van der Waals surface area contributed by atoms with Crippen molar-refractivity contribution in [3.8, 4) is 0 Å². The molecule has 17 heavy (non-hydrogen) atoms. The summed E-state index contributed by atoms with van der Waals surface area (Å²) in [6.07, 6.45) is 2.94. The number of carboxylic acid groups (broad SMARTS) is 2. The van der Waals surface area contributed by atoms with Gasteiger partial charge in [-0.3, -0.25) is 9.59 Å². The van der Waals surface area contributed by atoms with Crippen LogP contribution >= 0.6 is 0 Å². The smallest absolute Gasteiger partial charge is 0.320 e. The Morgan fingerprint density at radius 1 is 1.24 bits per heavy atom. The summed E-state index contributed by atoms with van der Waals surface area (Å²) in [6.45, 7) is 3.70. The average Bonchev–Trinajstić information content (AvgIpc) is 2.25. The van der Waals surface area contributed by atoms with E-state index in [0.29, 0.717) is 12.8 Å². The van der Waals surface area contributed by atoms with Crippen LogP contribution in [-0.2, 0) is 9.59 Å². The lowest BCUT2D eigenvalue weighted by molar-refractivity contribution is -0.143. The van der Waals surface area contributed by atoms with Crippen molar-refractivity contribution in [3.63, 3.8) is 0 Å². The number of rotatable bonds is 5. The molecule has 0 amide bonds. The van der Waals surface area contributed by atoms with E-state index < -0.39 is 18.0 Å². The number of carboxylic acids is 2. The summed E-state index contributed by atoms with van der Waals surface area (Å²) in [6, 6.07) is -0.583. The lowest BCUT2D eigenvalue weighted by Gasteiger charge is -2.31. The fraction of sp³-hybridized carbons (Fsp3) is 0.833. The van der Waals surface area contributed by atoms with Gasteiger partial charge >= 0.3 is 11.9 Å². The van der Waals surface area contributed by atoms with Gasteiger partial charge in [0, 0.05) is 6.04 Å². The third kappa shape index (κ3) is 4.00. The molecular weight excluding hydrogens is 222 g/mol. The van der Waals surface area contributed by atoms with Crippen LogP contribution in [0.1, 0.15) is 39.5 Å². The summed E-state index contributed by atoms with van der Waals surface area (Å²) in [5.74, 6) is -1.97. The van der Waals surface area contributed by atoms with Gasteiger partial charge in [0.15, 0.2) is 0 Å². The number of nitrogens with one attached hydrogen (secondary N) is 1. The van der Waals surface area contributed by atoms with E-state index in [0.717, 1.165) is 12.8 Å². The average molecular weight is 243 g/mol. The van der Waals surface area contributed by atoms with Crippen LogP contribution in [0, 0.1) is 11.8 Å². The minimum Gasteiger partial charge on any atom is -0.481 e. The highest BCUT2D eigenvalue weighted by Gasteiger charge is 2.30. The van der Waals surface area contributed by atoms with Crippen LogP contribution in [0.4, 0.5) is 0 Å². The molecule has 5 nitrogen and oxygen atoms in total. The van der Waals surface area contributed by atoms with Crippen molar-refractivity contribution in [2.75, 3.05) is 0 Å². The predicted molar refractivity (Wildman–Crippen MR) is 62.8 cm³/mol. The molecule has 0 aromatic rings. The SMILES string of the molecule is CC(C)C(NC1CCCC(C(=O)O)C1)C(=O)O. The van der Waals surface area contributed by atoms with E-state index in [1.807, 2.05) is 13.8 Å². The van der Waals surface area contributed by atoms with Gasteiger partial charge in [0.25, 0.3) is 0 Å². The van der Waals surface area contributed by atoms with Crippen molar-refractivity contribution in [1.29, 1.82) is 0 Å². The quantitative estimate of drug-likeness (QED) is 0.678. The van der Waals surface area contributed by atoms with Crippen molar-refractivity contribution >= 4 is 11.9 Å². The summed E-state index contributed by atoms with van der Waals surface area (Å²) in [5, 5.41) is 21.1. The highest BCUT2D eigenvalue weighted by Crippen LogP contribution is 2.25. The number of aliphatic carboxylic acids is 2. The molecule has 0 spiro atoms. The maximum Gasteiger partial charge on any atom is 0.320 e. The zero-order valence-corrected chi connectivity index (χ0v) is 10.3. The molecule has 3 N–H and O–H groups in total. The summed E-state index contributed by atoms with van der Waals surface area (Å²) in [7, 11) is 0. The molecule has 3 unspecified atom stereocenters. The molecule has 3 atom stereocenters. The first-order valence-corrected chi connectivity index (χ1v) is 6.13. The summed E-state index contributed by atoms with van der Waals surface area (Å²) in [4.78, 5) is 22.0. The van der Waals surface area contributed by atoms with E-state index in [9.17, 15) is 9.59 Å². The van der Waals surface area contributed by atoms with Crippen LogP contribution in [0.15, 0.2) is 0 Å². The van der Waals surface area contributed by atoms with E-state index in [-0.39, 0.29) is 17.9 Å². The van der Waals surface area contributed by atoms with Crippen molar-refractivity contribution in [2.45, 2.75) is 51.6 Å². The van der Waals surface area contributed by atoms with E-state index in [1.54, 1.807) is 0 Å². The zero-order valence-electron chi connectivity index (χ0n) is 10.3. The molecular formula is C12H21NO4.